The molecule has 1 aromatic rings. The molecule has 2 aliphatic rings. The van der Waals surface area contributed by atoms with E-state index in [2.05, 4.69) is 22.2 Å². The van der Waals surface area contributed by atoms with E-state index in [1.165, 1.54) is 18.5 Å². The highest BCUT2D eigenvalue weighted by molar-refractivity contribution is 5.54. The second-order valence-corrected chi connectivity index (χ2v) is 5.72. The van der Waals surface area contributed by atoms with Gasteiger partial charge in [0.15, 0.2) is 0 Å². The van der Waals surface area contributed by atoms with E-state index in [1.807, 2.05) is 6.07 Å². The van der Waals surface area contributed by atoms with E-state index in [0.717, 1.165) is 38.3 Å². The van der Waals surface area contributed by atoms with E-state index in [4.69, 9.17) is 0 Å². The molecule has 1 aliphatic heterocycles. The van der Waals surface area contributed by atoms with Crippen molar-refractivity contribution in [1.29, 1.82) is 0 Å². The largest absolute Gasteiger partial charge is 0.369 e. The van der Waals surface area contributed by atoms with Crippen LogP contribution in [0.1, 0.15) is 18.4 Å². The molecule has 1 aromatic carbocycles. The van der Waals surface area contributed by atoms with Gasteiger partial charge in [-0.25, -0.2) is 4.39 Å². The molecule has 1 N–H and O–H groups in total. The molecule has 19 heavy (non-hydrogen) atoms. The summed E-state index contributed by atoms with van der Waals surface area (Å²) in [5.74, 6) is -0.134. The number of piperazine rings is 1. The first-order valence-corrected chi connectivity index (χ1v) is 7.18. The summed E-state index contributed by atoms with van der Waals surface area (Å²) in [7, 11) is 2.15. The van der Waals surface area contributed by atoms with E-state index in [0.29, 0.717) is 6.04 Å². The van der Waals surface area contributed by atoms with Gasteiger partial charge in [-0.1, -0.05) is 0 Å². The monoisotopic (exact) mass is 263 g/mol. The van der Waals surface area contributed by atoms with Crippen LogP contribution in [0.25, 0.3) is 0 Å². The van der Waals surface area contributed by atoms with Crippen LogP contribution in [0.5, 0.6) is 0 Å². The fourth-order valence-electron chi connectivity index (χ4n) is 2.59. The van der Waals surface area contributed by atoms with Gasteiger partial charge in [0, 0.05) is 44.5 Å². The molecule has 3 nitrogen and oxygen atoms in total. The minimum atomic E-state index is -0.134. The molecule has 0 unspecified atom stereocenters. The maximum absolute atomic E-state index is 13.5. The minimum absolute atomic E-state index is 0.134. The van der Waals surface area contributed by atoms with Crippen molar-refractivity contribution in [2.75, 3.05) is 38.1 Å². The van der Waals surface area contributed by atoms with Crippen molar-refractivity contribution >= 4 is 5.69 Å². The topological polar surface area (TPSA) is 18.5 Å². The number of nitrogens with zero attached hydrogens (tertiary/aromatic N) is 2. The minimum Gasteiger partial charge on any atom is -0.369 e. The van der Waals surface area contributed by atoms with Crippen LogP contribution in [-0.4, -0.2) is 44.2 Å². The van der Waals surface area contributed by atoms with Crippen LogP contribution in [0.2, 0.25) is 0 Å². The van der Waals surface area contributed by atoms with Gasteiger partial charge in [0.1, 0.15) is 5.82 Å². The van der Waals surface area contributed by atoms with Crippen molar-refractivity contribution in [1.82, 2.24) is 10.2 Å². The summed E-state index contributed by atoms with van der Waals surface area (Å²) in [6.45, 7) is 4.99. The standard InChI is InChI=1S/C15H22FN3/c1-18-6-8-19(9-7-18)15-5-2-13(16)10-12(15)11-17-14-3-4-14/h2,5,10,14,17H,3-4,6-9,11H2,1H3. The Bertz CT molecular complexity index is 437. The zero-order chi connectivity index (χ0) is 13.2. The molecule has 0 bridgehead atoms. The van der Waals surface area contributed by atoms with Crippen molar-refractivity contribution in [3.05, 3.63) is 29.6 Å². The van der Waals surface area contributed by atoms with Crippen LogP contribution in [0.15, 0.2) is 18.2 Å². The molecule has 1 saturated heterocycles. The van der Waals surface area contributed by atoms with E-state index >= 15 is 0 Å². The Balaban J connectivity index is 1.74. The number of hydrogen-bond acceptors (Lipinski definition) is 3. The first-order valence-electron chi connectivity index (χ1n) is 7.18. The van der Waals surface area contributed by atoms with E-state index in [9.17, 15) is 4.39 Å². The van der Waals surface area contributed by atoms with Gasteiger partial charge in [-0.3, -0.25) is 0 Å². The van der Waals surface area contributed by atoms with Gasteiger partial charge in [-0.2, -0.15) is 0 Å². The van der Waals surface area contributed by atoms with Crippen molar-refractivity contribution in [3.63, 3.8) is 0 Å². The number of benzene rings is 1. The van der Waals surface area contributed by atoms with E-state index < -0.39 is 0 Å². The summed E-state index contributed by atoms with van der Waals surface area (Å²) < 4.78 is 13.5. The lowest BCUT2D eigenvalue weighted by Gasteiger charge is -2.35. The Morgan fingerprint density at radius 2 is 1.95 bits per heavy atom. The molecule has 1 aliphatic carbocycles. The van der Waals surface area contributed by atoms with E-state index in [1.54, 1.807) is 12.1 Å². The maximum Gasteiger partial charge on any atom is 0.123 e. The molecule has 1 heterocycles. The molecule has 0 aromatic heterocycles. The third kappa shape index (κ3) is 3.25. The molecule has 4 heteroatoms. The van der Waals surface area contributed by atoms with Crippen LogP contribution in [0.4, 0.5) is 10.1 Å². The average Bonchev–Trinajstić information content (AvgIpc) is 3.22. The van der Waals surface area contributed by atoms with Gasteiger partial charge >= 0.3 is 0 Å². The Morgan fingerprint density at radius 1 is 1.21 bits per heavy atom. The predicted molar refractivity (Wildman–Crippen MR) is 76.0 cm³/mol. The first kappa shape index (κ1) is 12.9. The quantitative estimate of drug-likeness (QED) is 0.894. The highest BCUT2D eigenvalue weighted by Crippen LogP contribution is 2.25. The van der Waals surface area contributed by atoms with Gasteiger partial charge in [0.05, 0.1) is 0 Å². The third-order valence-electron chi connectivity index (χ3n) is 4.04. The Kier molecular flexibility index (Phi) is 3.71. The number of likely N-dealkylation sites (N-methyl/N-ethyl adjacent to an activating group) is 1. The molecule has 3 rings (SSSR count). The Labute approximate surface area is 114 Å². The van der Waals surface area contributed by atoms with Crippen LogP contribution in [0.3, 0.4) is 0 Å². The number of nitrogens with one attached hydrogen (secondary N) is 1. The summed E-state index contributed by atoms with van der Waals surface area (Å²) in [4.78, 5) is 4.71. The smallest absolute Gasteiger partial charge is 0.123 e. The number of halogens is 1. The van der Waals surface area contributed by atoms with Crippen molar-refractivity contribution in [2.45, 2.75) is 25.4 Å². The zero-order valence-electron chi connectivity index (χ0n) is 11.5. The third-order valence-corrected chi connectivity index (χ3v) is 4.04. The molecule has 0 atom stereocenters. The highest BCUT2D eigenvalue weighted by Gasteiger charge is 2.22. The van der Waals surface area contributed by atoms with Gasteiger partial charge in [-0.15, -0.1) is 0 Å². The molecule has 2 fully saturated rings. The van der Waals surface area contributed by atoms with Gasteiger partial charge in [0.2, 0.25) is 0 Å². The second-order valence-electron chi connectivity index (χ2n) is 5.72. The second kappa shape index (κ2) is 5.47. The predicted octanol–water partition coefficient (Wildman–Crippen LogP) is 1.83. The average molecular weight is 263 g/mol. The summed E-state index contributed by atoms with van der Waals surface area (Å²) in [6, 6.07) is 5.85. The SMILES string of the molecule is CN1CCN(c2ccc(F)cc2CNC2CC2)CC1. The molecule has 104 valence electrons. The molecule has 0 amide bonds. The van der Waals surface area contributed by atoms with E-state index in [-0.39, 0.29) is 5.82 Å². The zero-order valence-corrected chi connectivity index (χ0v) is 11.5. The Morgan fingerprint density at radius 3 is 2.63 bits per heavy atom. The van der Waals surface area contributed by atoms with Crippen LogP contribution < -0.4 is 10.2 Å². The van der Waals surface area contributed by atoms with Gasteiger partial charge in [0.25, 0.3) is 0 Å². The van der Waals surface area contributed by atoms with Gasteiger partial charge in [-0.05, 0) is 43.7 Å². The van der Waals surface area contributed by atoms with Crippen LogP contribution in [0, 0.1) is 5.82 Å². The summed E-state index contributed by atoms with van der Waals surface area (Å²) >= 11 is 0. The normalized spacial score (nSPS) is 20.8. The van der Waals surface area contributed by atoms with Crippen molar-refractivity contribution < 1.29 is 4.39 Å². The molecule has 1 saturated carbocycles. The lowest BCUT2D eigenvalue weighted by molar-refractivity contribution is 0.312. The fraction of sp³-hybridized carbons (Fsp3) is 0.600. The molecular formula is C15H22FN3. The maximum atomic E-state index is 13.5. The van der Waals surface area contributed by atoms with Crippen molar-refractivity contribution in [3.8, 4) is 0 Å². The van der Waals surface area contributed by atoms with Crippen molar-refractivity contribution in [2.24, 2.45) is 0 Å². The summed E-state index contributed by atoms with van der Waals surface area (Å²) in [5.41, 5.74) is 2.29. The highest BCUT2D eigenvalue weighted by atomic mass is 19.1. The number of hydrogen-bond donors (Lipinski definition) is 1. The fourth-order valence-corrected chi connectivity index (χ4v) is 2.59. The van der Waals surface area contributed by atoms with Crippen LogP contribution in [-0.2, 0) is 6.54 Å². The summed E-state index contributed by atoms with van der Waals surface area (Å²) in [5, 5.41) is 3.48. The Hall–Kier alpha value is -1.13. The molecule has 0 radical (unpaired) electrons. The molecular weight excluding hydrogens is 241 g/mol. The lowest BCUT2D eigenvalue weighted by Crippen LogP contribution is -2.45. The summed E-state index contributed by atoms with van der Waals surface area (Å²) in [6.07, 6.45) is 2.53. The number of rotatable bonds is 4. The first-order chi connectivity index (χ1) is 9.22. The van der Waals surface area contributed by atoms with Crippen LogP contribution >= 0.6 is 0 Å². The van der Waals surface area contributed by atoms with Gasteiger partial charge < -0.3 is 15.1 Å². The number of anilines is 1. The molecule has 0 spiro atoms. The lowest BCUT2D eigenvalue weighted by atomic mass is 10.1.